The van der Waals surface area contributed by atoms with Gasteiger partial charge in [0.05, 0.1) is 5.69 Å². The summed E-state index contributed by atoms with van der Waals surface area (Å²) in [6.45, 7) is 12.1. The summed E-state index contributed by atoms with van der Waals surface area (Å²) in [4.78, 5) is 0. The number of hydrogen-bond acceptors (Lipinski definition) is 3. The Hall–Kier alpha value is -0.480. The Morgan fingerprint density at radius 2 is 2.11 bits per heavy atom. The van der Waals surface area contributed by atoms with Crippen molar-refractivity contribution in [2.45, 2.75) is 64.8 Å². The second-order valence-corrected chi connectivity index (χ2v) is 7.30. The second-order valence-electron chi connectivity index (χ2n) is 5.89. The largest absolute Gasteiger partial charge is 0.309 e. The van der Waals surface area contributed by atoms with E-state index in [0.29, 0.717) is 12.1 Å². The Morgan fingerprint density at radius 3 is 2.63 bits per heavy atom. The van der Waals surface area contributed by atoms with Crippen molar-refractivity contribution >= 4 is 11.8 Å². The molecule has 2 atom stereocenters. The maximum atomic E-state index is 4.68. The van der Waals surface area contributed by atoms with Crippen LogP contribution in [0.5, 0.6) is 0 Å². The van der Waals surface area contributed by atoms with E-state index in [1.165, 1.54) is 35.5 Å². The highest BCUT2D eigenvalue weighted by atomic mass is 32.2. The lowest BCUT2D eigenvalue weighted by atomic mass is 10.1. The van der Waals surface area contributed by atoms with Gasteiger partial charge in [-0.05, 0) is 53.2 Å². The van der Waals surface area contributed by atoms with Crippen molar-refractivity contribution in [3.8, 4) is 0 Å². The van der Waals surface area contributed by atoms with Crippen LogP contribution < -0.4 is 5.32 Å². The molecule has 0 aromatic carbocycles. The van der Waals surface area contributed by atoms with Crippen molar-refractivity contribution in [2.24, 2.45) is 0 Å². The zero-order chi connectivity index (χ0) is 14.0. The fraction of sp³-hybridized carbons (Fsp3) is 0.800. The average Bonchev–Trinajstić information content (AvgIpc) is 2.94. The lowest BCUT2D eigenvalue weighted by molar-refractivity contribution is 0.511. The zero-order valence-electron chi connectivity index (χ0n) is 12.9. The molecular weight excluding hydrogens is 254 g/mol. The molecule has 0 amide bonds. The van der Waals surface area contributed by atoms with Crippen LogP contribution in [0.25, 0.3) is 0 Å². The number of hydrogen-bond donors (Lipinski definition) is 1. The summed E-state index contributed by atoms with van der Waals surface area (Å²) in [7, 11) is 0. The number of thioether (sulfide) groups is 1. The molecule has 0 spiro atoms. The van der Waals surface area contributed by atoms with Crippen LogP contribution in [0.4, 0.5) is 0 Å². The van der Waals surface area contributed by atoms with Gasteiger partial charge in [0.2, 0.25) is 0 Å². The highest BCUT2D eigenvalue weighted by molar-refractivity contribution is 8.00. The van der Waals surface area contributed by atoms with Gasteiger partial charge in [-0.15, -0.1) is 0 Å². The molecular formula is C15H27N3S. The Balaban J connectivity index is 2.03. The molecule has 1 saturated heterocycles. The first-order valence-corrected chi connectivity index (χ1v) is 8.46. The molecule has 1 N–H and O–H groups in total. The minimum Gasteiger partial charge on any atom is -0.309 e. The smallest absolute Gasteiger partial charge is 0.0644 e. The average molecular weight is 281 g/mol. The zero-order valence-corrected chi connectivity index (χ0v) is 13.7. The monoisotopic (exact) mass is 281 g/mol. The Kier molecular flexibility index (Phi) is 4.96. The summed E-state index contributed by atoms with van der Waals surface area (Å²) >= 11 is 2.11. The third kappa shape index (κ3) is 3.34. The van der Waals surface area contributed by atoms with E-state index in [1.807, 2.05) is 0 Å². The Labute approximate surface area is 121 Å². The molecule has 19 heavy (non-hydrogen) atoms. The van der Waals surface area contributed by atoms with Crippen LogP contribution in [0.2, 0.25) is 0 Å². The molecule has 108 valence electrons. The standard InChI is InChI=1S/C15H27N3S/c1-10(2)18-13(5)15(12(4)17-18)11(3)16-9-14-7-6-8-19-14/h10-11,14,16H,6-9H2,1-5H3/t11-,14-/m1/s1. The Bertz CT molecular complexity index is 419. The maximum Gasteiger partial charge on any atom is 0.0644 e. The molecule has 2 heterocycles. The summed E-state index contributed by atoms with van der Waals surface area (Å²) in [6.07, 6.45) is 2.75. The summed E-state index contributed by atoms with van der Waals surface area (Å²) in [6, 6.07) is 0.832. The van der Waals surface area contributed by atoms with Crippen molar-refractivity contribution < 1.29 is 0 Å². The van der Waals surface area contributed by atoms with Gasteiger partial charge in [-0.3, -0.25) is 4.68 Å². The third-order valence-corrected chi connectivity index (χ3v) is 5.38. The van der Waals surface area contributed by atoms with E-state index in [2.05, 4.69) is 61.5 Å². The third-order valence-electron chi connectivity index (χ3n) is 3.98. The molecule has 1 aliphatic heterocycles. The van der Waals surface area contributed by atoms with E-state index >= 15 is 0 Å². The number of nitrogens with zero attached hydrogens (tertiary/aromatic N) is 2. The normalized spacial score (nSPS) is 21.3. The minimum atomic E-state index is 0.397. The number of rotatable bonds is 5. The van der Waals surface area contributed by atoms with Crippen molar-refractivity contribution in [2.75, 3.05) is 12.3 Å². The molecule has 2 rings (SSSR count). The van der Waals surface area contributed by atoms with Gasteiger partial charge in [0.1, 0.15) is 0 Å². The van der Waals surface area contributed by atoms with Crippen LogP contribution in [-0.2, 0) is 0 Å². The molecule has 4 heteroatoms. The fourth-order valence-corrected chi connectivity index (χ4v) is 4.23. The highest BCUT2D eigenvalue weighted by Gasteiger charge is 2.21. The first-order chi connectivity index (χ1) is 9.00. The molecule has 1 aromatic heterocycles. The van der Waals surface area contributed by atoms with Gasteiger partial charge in [-0.2, -0.15) is 16.9 Å². The molecule has 1 aliphatic rings. The van der Waals surface area contributed by atoms with Gasteiger partial charge in [-0.1, -0.05) is 0 Å². The fourth-order valence-electron chi connectivity index (χ4n) is 3.02. The summed E-state index contributed by atoms with van der Waals surface area (Å²) < 4.78 is 2.15. The van der Waals surface area contributed by atoms with Crippen LogP contribution in [0.15, 0.2) is 0 Å². The van der Waals surface area contributed by atoms with Gasteiger partial charge >= 0.3 is 0 Å². The SMILES string of the molecule is Cc1nn(C(C)C)c(C)c1[C@@H](C)NC[C@H]1CCCS1. The van der Waals surface area contributed by atoms with Crippen LogP contribution in [0.1, 0.15) is 62.6 Å². The first-order valence-electron chi connectivity index (χ1n) is 7.41. The quantitative estimate of drug-likeness (QED) is 0.894. The van der Waals surface area contributed by atoms with Crippen LogP contribution >= 0.6 is 11.8 Å². The van der Waals surface area contributed by atoms with Crippen molar-refractivity contribution in [3.63, 3.8) is 0 Å². The van der Waals surface area contributed by atoms with E-state index in [-0.39, 0.29) is 0 Å². The molecule has 0 aliphatic carbocycles. The van der Waals surface area contributed by atoms with E-state index in [1.54, 1.807) is 0 Å². The van der Waals surface area contributed by atoms with Gasteiger partial charge in [0, 0.05) is 35.1 Å². The number of aromatic nitrogens is 2. The van der Waals surface area contributed by atoms with Crippen molar-refractivity contribution in [1.82, 2.24) is 15.1 Å². The van der Waals surface area contributed by atoms with Crippen molar-refractivity contribution in [3.05, 3.63) is 17.0 Å². The predicted molar refractivity (Wildman–Crippen MR) is 84.0 cm³/mol. The number of aryl methyl sites for hydroxylation is 1. The first kappa shape index (κ1) is 14.9. The van der Waals surface area contributed by atoms with Crippen molar-refractivity contribution in [1.29, 1.82) is 0 Å². The van der Waals surface area contributed by atoms with Gasteiger partial charge in [-0.25, -0.2) is 0 Å². The second kappa shape index (κ2) is 6.31. The molecule has 0 radical (unpaired) electrons. The minimum absolute atomic E-state index is 0.397. The molecule has 1 aromatic rings. The van der Waals surface area contributed by atoms with Crippen LogP contribution in [-0.4, -0.2) is 27.3 Å². The van der Waals surface area contributed by atoms with E-state index < -0.39 is 0 Å². The molecule has 3 nitrogen and oxygen atoms in total. The lowest BCUT2D eigenvalue weighted by Gasteiger charge is -2.18. The van der Waals surface area contributed by atoms with Gasteiger partial charge in [0.15, 0.2) is 0 Å². The Morgan fingerprint density at radius 1 is 1.37 bits per heavy atom. The topological polar surface area (TPSA) is 29.9 Å². The summed E-state index contributed by atoms with van der Waals surface area (Å²) in [5, 5.41) is 9.19. The van der Waals surface area contributed by atoms with E-state index in [0.717, 1.165) is 11.8 Å². The molecule has 0 unspecified atom stereocenters. The van der Waals surface area contributed by atoms with E-state index in [4.69, 9.17) is 0 Å². The highest BCUT2D eigenvalue weighted by Crippen LogP contribution is 2.27. The molecule has 0 bridgehead atoms. The summed E-state index contributed by atoms with van der Waals surface area (Å²) in [5.74, 6) is 1.34. The maximum absolute atomic E-state index is 4.68. The van der Waals surface area contributed by atoms with Crippen LogP contribution in [0, 0.1) is 13.8 Å². The molecule has 1 fully saturated rings. The predicted octanol–water partition coefficient (Wildman–Crippen LogP) is 3.63. The lowest BCUT2D eigenvalue weighted by Crippen LogP contribution is -2.26. The number of nitrogens with one attached hydrogen (secondary N) is 1. The summed E-state index contributed by atoms with van der Waals surface area (Å²) in [5.41, 5.74) is 3.87. The van der Waals surface area contributed by atoms with Crippen LogP contribution in [0.3, 0.4) is 0 Å². The molecule has 0 saturated carbocycles. The van der Waals surface area contributed by atoms with Gasteiger partial charge in [0.25, 0.3) is 0 Å². The van der Waals surface area contributed by atoms with E-state index in [9.17, 15) is 0 Å². The van der Waals surface area contributed by atoms with Gasteiger partial charge < -0.3 is 5.32 Å².